The molecule has 1 heterocycles. The maximum atomic E-state index is 15.0. The molecule has 150 valence electrons. The number of ether oxygens (including phenoxy) is 1. The summed E-state index contributed by atoms with van der Waals surface area (Å²) in [6, 6.07) is 7.80. The number of benzene rings is 2. The quantitative estimate of drug-likeness (QED) is 0.636. The smallest absolute Gasteiger partial charge is 0.188 e. The minimum Gasteiger partial charge on any atom is -0.490 e. The SMILES string of the molecule is CC1(C)CCC2(S(=O)(=O)c3ccc(Cl)cc3)c3c(F)ccc(F)c3OC[C@H]2C1. The molecule has 2 aromatic carbocycles. The average Bonchev–Trinajstić information content (AvgIpc) is 2.63. The first-order chi connectivity index (χ1) is 13.1. The Kier molecular flexibility index (Phi) is 4.51. The third kappa shape index (κ3) is 2.76. The zero-order chi connectivity index (χ0) is 20.3. The molecule has 0 spiro atoms. The van der Waals surface area contributed by atoms with Crippen molar-refractivity contribution in [3.8, 4) is 5.75 Å². The van der Waals surface area contributed by atoms with Crippen LogP contribution in [0.2, 0.25) is 5.02 Å². The maximum absolute atomic E-state index is 15.0. The molecule has 0 bridgehead atoms. The number of halogens is 3. The van der Waals surface area contributed by atoms with Crippen LogP contribution in [0.25, 0.3) is 0 Å². The second kappa shape index (κ2) is 6.42. The van der Waals surface area contributed by atoms with Crippen LogP contribution in [0, 0.1) is 23.0 Å². The Labute approximate surface area is 168 Å². The van der Waals surface area contributed by atoms with Crippen molar-refractivity contribution in [2.75, 3.05) is 6.61 Å². The van der Waals surface area contributed by atoms with Crippen LogP contribution in [0.1, 0.15) is 38.7 Å². The average molecular weight is 427 g/mol. The van der Waals surface area contributed by atoms with Crippen molar-refractivity contribution in [3.63, 3.8) is 0 Å². The van der Waals surface area contributed by atoms with E-state index in [1.807, 2.05) is 0 Å². The summed E-state index contributed by atoms with van der Waals surface area (Å²) in [6.07, 6.45) is 1.31. The van der Waals surface area contributed by atoms with Crippen molar-refractivity contribution in [1.29, 1.82) is 0 Å². The molecular formula is C21H21ClF2O3S. The van der Waals surface area contributed by atoms with Crippen LogP contribution in [0.15, 0.2) is 41.3 Å². The number of sulfone groups is 1. The molecule has 1 saturated carbocycles. The van der Waals surface area contributed by atoms with Crippen LogP contribution in [-0.2, 0) is 14.6 Å². The Hall–Kier alpha value is -1.66. The Bertz CT molecular complexity index is 1030. The van der Waals surface area contributed by atoms with Gasteiger partial charge in [-0.15, -0.1) is 0 Å². The summed E-state index contributed by atoms with van der Waals surface area (Å²) in [5.74, 6) is -2.27. The summed E-state index contributed by atoms with van der Waals surface area (Å²) in [5, 5.41) is 0.405. The molecule has 3 nitrogen and oxygen atoms in total. The van der Waals surface area contributed by atoms with E-state index in [0.717, 1.165) is 12.1 Å². The first kappa shape index (κ1) is 19.6. The molecule has 2 aliphatic rings. The van der Waals surface area contributed by atoms with Crippen LogP contribution < -0.4 is 4.74 Å². The molecular weight excluding hydrogens is 406 g/mol. The molecule has 1 aliphatic carbocycles. The molecule has 1 fully saturated rings. The van der Waals surface area contributed by atoms with Crippen molar-refractivity contribution >= 4 is 21.4 Å². The minimum atomic E-state index is -4.05. The van der Waals surface area contributed by atoms with E-state index in [-0.39, 0.29) is 34.7 Å². The first-order valence-corrected chi connectivity index (χ1v) is 11.1. The van der Waals surface area contributed by atoms with E-state index in [4.69, 9.17) is 16.3 Å². The van der Waals surface area contributed by atoms with Crippen molar-refractivity contribution in [2.24, 2.45) is 11.3 Å². The fourth-order valence-corrected chi connectivity index (χ4v) is 7.21. The standard InChI is InChI=1S/C21H21ClF2O3S/c1-20(2)9-10-21(28(25,26)15-5-3-14(22)4-6-15)13(11-20)12-27-19-17(24)8-7-16(23)18(19)21/h3-8,13H,9-12H2,1-2H3/t13-,21?/m1/s1. The van der Waals surface area contributed by atoms with E-state index < -0.39 is 32.1 Å². The third-order valence-electron chi connectivity index (χ3n) is 6.15. The lowest BCUT2D eigenvalue weighted by molar-refractivity contribution is 0.0647. The molecule has 28 heavy (non-hydrogen) atoms. The minimum absolute atomic E-state index is 0.0314. The van der Waals surface area contributed by atoms with Crippen LogP contribution in [0.3, 0.4) is 0 Å². The third-order valence-corrected chi connectivity index (χ3v) is 8.99. The maximum Gasteiger partial charge on any atom is 0.188 e. The van der Waals surface area contributed by atoms with Crippen molar-refractivity contribution in [2.45, 2.75) is 42.8 Å². The highest BCUT2D eigenvalue weighted by atomic mass is 35.5. The zero-order valence-electron chi connectivity index (χ0n) is 15.6. The Balaban J connectivity index is 2.02. The van der Waals surface area contributed by atoms with Crippen molar-refractivity contribution in [1.82, 2.24) is 0 Å². The second-order valence-electron chi connectivity index (χ2n) is 8.46. The lowest BCUT2D eigenvalue weighted by atomic mass is 9.64. The van der Waals surface area contributed by atoms with Gasteiger partial charge in [0.2, 0.25) is 0 Å². The molecule has 4 rings (SSSR count). The monoisotopic (exact) mass is 426 g/mol. The van der Waals surface area contributed by atoms with Crippen molar-refractivity contribution in [3.05, 3.63) is 58.6 Å². The first-order valence-electron chi connectivity index (χ1n) is 9.20. The molecule has 2 atom stereocenters. The lowest BCUT2D eigenvalue weighted by Crippen LogP contribution is -2.53. The summed E-state index contributed by atoms with van der Waals surface area (Å²) in [6.45, 7) is 4.15. The van der Waals surface area contributed by atoms with E-state index >= 15 is 4.39 Å². The van der Waals surface area contributed by atoms with E-state index in [9.17, 15) is 12.8 Å². The molecule has 0 saturated heterocycles. The molecule has 1 unspecified atom stereocenters. The molecule has 0 aromatic heterocycles. The van der Waals surface area contributed by atoms with Gasteiger partial charge < -0.3 is 4.74 Å². The van der Waals surface area contributed by atoms with Gasteiger partial charge in [-0.2, -0.15) is 0 Å². The van der Waals surface area contributed by atoms with Crippen molar-refractivity contribution < 1.29 is 21.9 Å². The Morgan fingerprint density at radius 3 is 2.36 bits per heavy atom. The van der Waals surface area contributed by atoms with Gasteiger partial charge in [-0.05, 0) is 61.1 Å². The summed E-state index contributed by atoms with van der Waals surface area (Å²) in [7, 11) is -4.05. The molecule has 0 amide bonds. The van der Waals surface area contributed by atoms with E-state index in [2.05, 4.69) is 13.8 Å². The number of hydrogen-bond acceptors (Lipinski definition) is 3. The molecule has 1 aliphatic heterocycles. The lowest BCUT2D eigenvalue weighted by Gasteiger charge is -2.51. The van der Waals surface area contributed by atoms with Crippen LogP contribution in [-0.4, -0.2) is 15.0 Å². The topological polar surface area (TPSA) is 43.4 Å². The predicted molar refractivity (Wildman–Crippen MR) is 103 cm³/mol. The number of hydrogen-bond donors (Lipinski definition) is 0. The highest BCUT2D eigenvalue weighted by Crippen LogP contribution is 2.59. The van der Waals surface area contributed by atoms with E-state index in [1.54, 1.807) is 0 Å². The fraction of sp³-hybridized carbons (Fsp3) is 0.429. The Morgan fingerprint density at radius 1 is 1.04 bits per heavy atom. The summed E-state index contributed by atoms with van der Waals surface area (Å²) in [4.78, 5) is 0.0538. The van der Waals surface area contributed by atoms with Gasteiger partial charge in [0, 0.05) is 10.9 Å². The van der Waals surface area contributed by atoms with E-state index in [0.29, 0.717) is 17.9 Å². The van der Waals surface area contributed by atoms with Crippen LogP contribution in [0.4, 0.5) is 8.78 Å². The summed E-state index contributed by atoms with van der Waals surface area (Å²) < 4.78 is 61.3. The van der Waals surface area contributed by atoms with Gasteiger partial charge in [-0.3, -0.25) is 0 Å². The molecule has 2 aromatic rings. The van der Waals surface area contributed by atoms with Gasteiger partial charge >= 0.3 is 0 Å². The second-order valence-corrected chi connectivity index (χ2v) is 11.1. The predicted octanol–water partition coefficient (Wildman–Crippen LogP) is 5.51. The van der Waals surface area contributed by atoms with Gasteiger partial charge in [0.25, 0.3) is 0 Å². The fourth-order valence-electron chi connectivity index (χ4n) is 4.75. The number of rotatable bonds is 2. The van der Waals surface area contributed by atoms with E-state index in [1.165, 1.54) is 24.3 Å². The van der Waals surface area contributed by atoms with Gasteiger partial charge in [-0.25, -0.2) is 17.2 Å². The van der Waals surface area contributed by atoms with Gasteiger partial charge in [-0.1, -0.05) is 25.4 Å². The molecule has 0 radical (unpaired) electrons. The van der Waals surface area contributed by atoms with Gasteiger partial charge in [0.1, 0.15) is 10.6 Å². The van der Waals surface area contributed by atoms with Crippen LogP contribution in [0.5, 0.6) is 5.75 Å². The highest BCUT2D eigenvalue weighted by Gasteiger charge is 2.60. The van der Waals surface area contributed by atoms with Gasteiger partial charge in [0.15, 0.2) is 21.4 Å². The van der Waals surface area contributed by atoms with Crippen LogP contribution >= 0.6 is 11.6 Å². The zero-order valence-corrected chi connectivity index (χ0v) is 17.2. The summed E-state index contributed by atoms with van der Waals surface area (Å²) >= 11 is 5.92. The normalized spacial score (nSPS) is 26.1. The summed E-state index contributed by atoms with van der Waals surface area (Å²) in [5.41, 5.74) is -0.289. The largest absolute Gasteiger partial charge is 0.490 e. The Morgan fingerprint density at radius 2 is 1.68 bits per heavy atom. The number of fused-ring (bicyclic) bond motifs is 3. The molecule has 7 heteroatoms. The highest BCUT2D eigenvalue weighted by molar-refractivity contribution is 7.92. The molecule has 0 N–H and O–H groups in total. The van der Waals surface area contributed by atoms with Gasteiger partial charge in [0.05, 0.1) is 17.1 Å².